The van der Waals surface area contributed by atoms with Crippen molar-refractivity contribution >= 4 is 11.6 Å². The molecule has 0 fully saturated rings. The molecule has 26 heavy (non-hydrogen) atoms. The van der Waals surface area contributed by atoms with Crippen LogP contribution in [0.5, 0.6) is 0 Å². The average molecular weight is 346 g/mol. The second-order valence-electron chi connectivity index (χ2n) is 7.93. The second kappa shape index (κ2) is 6.44. The van der Waals surface area contributed by atoms with Crippen molar-refractivity contribution in [1.82, 2.24) is 0 Å². The predicted molar refractivity (Wildman–Crippen MR) is 98.2 cm³/mol. The minimum atomic E-state index is -0.879. The van der Waals surface area contributed by atoms with Crippen LogP contribution in [0.2, 0.25) is 0 Å². The quantitative estimate of drug-likeness (QED) is 0.727. The van der Waals surface area contributed by atoms with E-state index in [0.29, 0.717) is 18.4 Å². The highest BCUT2D eigenvalue weighted by atomic mass is 16.1. The molecule has 0 saturated carbocycles. The average Bonchev–Trinajstić information content (AvgIpc) is 2.59. The van der Waals surface area contributed by atoms with E-state index in [0.717, 1.165) is 6.42 Å². The van der Waals surface area contributed by atoms with Gasteiger partial charge in [0.2, 0.25) is 0 Å². The monoisotopic (exact) mass is 346 g/mol. The van der Waals surface area contributed by atoms with E-state index >= 15 is 0 Å². The molecule has 2 aliphatic carbocycles. The summed E-state index contributed by atoms with van der Waals surface area (Å²) in [5.74, 6) is 2.22. The van der Waals surface area contributed by atoms with Gasteiger partial charge in [-0.05, 0) is 30.6 Å². The molecule has 0 unspecified atom stereocenters. The van der Waals surface area contributed by atoms with Crippen LogP contribution in [0, 0.1) is 51.3 Å². The van der Waals surface area contributed by atoms with E-state index in [1.165, 1.54) is 6.08 Å². The number of carbonyl (C=O) groups excluding carboxylic acids is 2. The largest absolute Gasteiger partial charge is 0.293 e. The number of hydrogen-bond acceptors (Lipinski definition) is 4. The Morgan fingerprint density at radius 3 is 2.23 bits per heavy atom. The zero-order chi connectivity index (χ0) is 19.8. The lowest BCUT2D eigenvalue weighted by Gasteiger charge is -2.46. The highest BCUT2D eigenvalue weighted by Crippen LogP contribution is 2.54. The maximum Gasteiger partial charge on any atom is 0.196 e. The van der Waals surface area contributed by atoms with Crippen molar-refractivity contribution < 1.29 is 9.59 Å². The smallest absolute Gasteiger partial charge is 0.196 e. The molecule has 0 aromatic rings. The van der Waals surface area contributed by atoms with Gasteiger partial charge in [-0.25, -0.2) is 0 Å². The van der Waals surface area contributed by atoms with E-state index in [4.69, 9.17) is 6.42 Å². The van der Waals surface area contributed by atoms with Gasteiger partial charge in [-0.3, -0.25) is 9.59 Å². The van der Waals surface area contributed by atoms with E-state index in [2.05, 4.69) is 5.92 Å². The maximum atomic E-state index is 12.5. The molecular weight excluding hydrogens is 324 g/mol. The topological polar surface area (TPSA) is 81.7 Å². The van der Waals surface area contributed by atoms with Gasteiger partial charge in [-0.2, -0.15) is 10.5 Å². The summed E-state index contributed by atoms with van der Waals surface area (Å²) >= 11 is 0. The van der Waals surface area contributed by atoms with Crippen LogP contribution in [0.25, 0.3) is 0 Å². The Kier molecular flexibility index (Phi) is 4.81. The molecular formula is C22H22N2O2. The molecule has 0 N–H and O–H groups in total. The molecule has 4 heteroatoms. The van der Waals surface area contributed by atoms with E-state index in [1.807, 2.05) is 26.0 Å². The Labute approximate surface area is 154 Å². The van der Waals surface area contributed by atoms with Gasteiger partial charge in [0, 0.05) is 10.8 Å². The van der Waals surface area contributed by atoms with Crippen LogP contribution < -0.4 is 0 Å². The Balaban J connectivity index is 2.76. The van der Waals surface area contributed by atoms with Gasteiger partial charge in [0.1, 0.15) is 12.1 Å². The fourth-order valence-corrected chi connectivity index (χ4v) is 4.34. The van der Waals surface area contributed by atoms with Crippen LogP contribution in [-0.4, -0.2) is 11.6 Å². The maximum absolute atomic E-state index is 12.5. The summed E-state index contributed by atoms with van der Waals surface area (Å²) in [4.78, 5) is 24.9. The molecule has 0 aliphatic heterocycles. The predicted octanol–water partition coefficient (Wildman–Crippen LogP) is 3.82. The van der Waals surface area contributed by atoms with Crippen LogP contribution in [0.3, 0.4) is 0 Å². The second-order valence-corrected chi connectivity index (χ2v) is 7.93. The summed E-state index contributed by atoms with van der Waals surface area (Å²) < 4.78 is 0. The number of rotatable bonds is 3. The normalized spacial score (nSPS) is 30.3. The highest BCUT2D eigenvalue weighted by Gasteiger charge is 2.50. The fraction of sp³-hybridized carbons (Fsp3) is 0.455. The third kappa shape index (κ3) is 2.91. The van der Waals surface area contributed by atoms with E-state index in [-0.39, 0.29) is 22.7 Å². The van der Waals surface area contributed by atoms with Gasteiger partial charge in [0.05, 0.1) is 16.6 Å². The molecule has 0 radical (unpaired) electrons. The standard InChI is InChI=1S/C22H22N2O2/c1-6-8-22(7-2)11-15(12-23)17(25)9-18(22)21(5)10-16(13-24)19(26)20(3,4)14-21/h2,9-11H,6,8,14H2,1,3-5H3/t21-,22-/m1/s1. The number of Topliss-reactive ketones (excluding diaryl/α,β-unsaturated/α-hetero) is 1. The Morgan fingerprint density at radius 1 is 1.12 bits per heavy atom. The summed E-state index contributed by atoms with van der Waals surface area (Å²) in [5.41, 5.74) is -1.53. The summed E-state index contributed by atoms with van der Waals surface area (Å²) in [6, 6.07) is 3.92. The molecule has 2 atom stereocenters. The number of allylic oxidation sites excluding steroid dienone is 6. The summed E-state index contributed by atoms with van der Waals surface area (Å²) in [5, 5.41) is 18.7. The lowest BCUT2D eigenvalue weighted by Crippen LogP contribution is -2.42. The van der Waals surface area contributed by atoms with Crippen molar-refractivity contribution in [2.75, 3.05) is 0 Å². The fourth-order valence-electron chi connectivity index (χ4n) is 4.34. The number of ketones is 2. The van der Waals surface area contributed by atoms with Crippen molar-refractivity contribution in [3.8, 4) is 24.5 Å². The van der Waals surface area contributed by atoms with Crippen molar-refractivity contribution in [2.24, 2.45) is 16.2 Å². The lowest BCUT2D eigenvalue weighted by atomic mass is 9.55. The van der Waals surface area contributed by atoms with Crippen molar-refractivity contribution in [1.29, 1.82) is 10.5 Å². The van der Waals surface area contributed by atoms with Crippen LogP contribution in [-0.2, 0) is 9.59 Å². The molecule has 0 heterocycles. The number of terminal acetylenes is 1. The lowest BCUT2D eigenvalue weighted by molar-refractivity contribution is -0.124. The van der Waals surface area contributed by atoms with Gasteiger partial charge < -0.3 is 0 Å². The first kappa shape index (κ1) is 19.4. The molecule has 0 aromatic heterocycles. The highest BCUT2D eigenvalue weighted by molar-refractivity contribution is 6.09. The van der Waals surface area contributed by atoms with Crippen LogP contribution in [0.1, 0.15) is 47.0 Å². The Bertz CT molecular complexity index is 896. The molecule has 0 bridgehead atoms. The van der Waals surface area contributed by atoms with Gasteiger partial charge in [-0.15, -0.1) is 6.42 Å². The molecule has 4 nitrogen and oxygen atoms in total. The van der Waals surface area contributed by atoms with Crippen LogP contribution in [0.15, 0.2) is 34.9 Å². The third-order valence-corrected chi connectivity index (χ3v) is 5.30. The molecule has 2 rings (SSSR count). The number of nitriles is 2. The number of nitrogens with zero attached hydrogens (tertiary/aromatic N) is 2. The number of carbonyl (C=O) groups is 2. The summed E-state index contributed by atoms with van der Waals surface area (Å²) in [6.07, 6.45) is 12.4. The first-order chi connectivity index (χ1) is 12.1. The molecule has 0 spiro atoms. The SMILES string of the molecule is C#C[C@@]1(CCC)C=C(C#N)C(=O)C=C1[C@]1(C)C=C(C#N)C(=O)C(C)(C)C1. The van der Waals surface area contributed by atoms with Gasteiger partial charge in [0.15, 0.2) is 11.6 Å². The Hall–Kier alpha value is -2.90. The van der Waals surface area contributed by atoms with Crippen molar-refractivity contribution in [3.05, 3.63) is 34.9 Å². The van der Waals surface area contributed by atoms with Crippen LogP contribution in [0.4, 0.5) is 0 Å². The molecule has 0 aromatic carbocycles. The minimum Gasteiger partial charge on any atom is -0.293 e. The molecule has 132 valence electrons. The first-order valence-corrected chi connectivity index (χ1v) is 8.64. The molecule has 0 saturated heterocycles. The van der Waals surface area contributed by atoms with Gasteiger partial charge in [0.25, 0.3) is 0 Å². The van der Waals surface area contributed by atoms with E-state index in [9.17, 15) is 20.1 Å². The van der Waals surface area contributed by atoms with Gasteiger partial charge in [-0.1, -0.05) is 46.1 Å². The van der Waals surface area contributed by atoms with Gasteiger partial charge >= 0.3 is 0 Å². The summed E-state index contributed by atoms with van der Waals surface area (Å²) in [6.45, 7) is 7.50. The Morgan fingerprint density at radius 2 is 1.73 bits per heavy atom. The van der Waals surface area contributed by atoms with Crippen LogP contribution >= 0.6 is 0 Å². The van der Waals surface area contributed by atoms with Crippen molar-refractivity contribution in [3.63, 3.8) is 0 Å². The van der Waals surface area contributed by atoms with Crippen molar-refractivity contribution in [2.45, 2.75) is 47.0 Å². The third-order valence-electron chi connectivity index (χ3n) is 5.30. The molecule has 0 amide bonds. The summed E-state index contributed by atoms with van der Waals surface area (Å²) in [7, 11) is 0. The first-order valence-electron chi connectivity index (χ1n) is 8.64. The zero-order valence-corrected chi connectivity index (χ0v) is 15.6. The van der Waals surface area contributed by atoms with E-state index in [1.54, 1.807) is 26.0 Å². The zero-order valence-electron chi connectivity index (χ0n) is 15.6. The minimum absolute atomic E-state index is 0.0411. The number of hydrogen-bond donors (Lipinski definition) is 0. The van der Waals surface area contributed by atoms with E-state index < -0.39 is 16.2 Å². The molecule has 2 aliphatic rings.